The van der Waals surface area contributed by atoms with Crippen LogP contribution in [0.15, 0.2) is 10.6 Å². The molecule has 0 amide bonds. The van der Waals surface area contributed by atoms with Gasteiger partial charge in [0.05, 0.1) is 12.7 Å². The van der Waals surface area contributed by atoms with E-state index in [1.165, 1.54) is 6.42 Å². The van der Waals surface area contributed by atoms with Gasteiger partial charge in [0.15, 0.2) is 0 Å². The lowest BCUT2D eigenvalue weighted by molar-refractivity contribution is 0.223. The zero-order valence-corrected chi connectivity index (χ0v) is 9.49. The minimum absolute atomic E-state index is 0.627. The highest BCUT2D eigenvalue weighted by molar-refractivity contribution is 4.94. The highest BCUT2D eigenvalue weighted by Gasteiger charge is 2.20. The molecule has 4 nitrogen and oxygen atoms in total. The maximum absolute atomic E-state index is 5.59. The minimum atomic E-state index is 0.627. The fourth-order valence-electron chi connectivity index (χ4n) is 1.94. The van der Waals surface area contributed by atoms with Crippen LogP contribution in [-0.2, 0) is 13.0 Å². The van der Waals surface area contributed by atoms with Crippen LogP contribution in [-0.4, -0.2) is 36.1 Å². The molecular formula is C11H19N3O. The molecule has 84 valence electrons. The number of hydrogen-bond acceptors (Lipinski definition) is 4. The molecule has 0 spiro atoms. The van der Waals surface area contributed by atoms with Gasteiger partial charge in [0, 0.05) is 19.0 Å². The van der Waals surface area contributed by atoms with Crippen molar-refractivity contribution in [2.45, 2.75) is 32.4 Å². The molecule has 1 aliphatic heterocycles. The van der Waals surface area contributed by atoms with Crippen LogP contribution in [0.3, 0.4) is 0 Å². The zero-order valence-electron chi connectivity index (χ0n) is 9.49. The zero-order chi connectivity index (χ0) is 10.7. The van der Waals surface area contributed by atoms with Gasteiger partial charge in [-0.05, 0) is 20.0 Å². The number of oxazole rings is 1. The number of rotatable bonds is 4. The number of nitrogens with zero attached hydrogens (tertiary/aromatic N) is 2. The predicted molar refractivity (Wildman–Crippen MR) is 58.6 cm³/mol. The lowest BCUT2D eigenvalue weighted by Gasteiger charge is -2.21. The maximum Gasteiger partial charge on any atom is 0.208 e. The molecule has 0 aliphatic carbocycles. The van der Waals surface area contributed by atoms with E-state index in [1.807, 2.05) is 6.20 Å². The summed E-state index contributed by atoms with van der Waals surface area (Å²) < 4.78 is 5.59. The predicted octanol–water partition coefficient (Wildman–Crippen LogP) is 1.03. The van der Waals surface area contributed by atoms with Gasteiger partial charge in [-0.1, -0.05) is 6.92 Å². The van der Waals surface area contributed by atoms with Gasteiger partial charge >= 0.3 is 0 Å². The first-order valence-corrected chi connectivity index (χ1v) is 5.64. The van der Waals surface area contributed by atoms with Gasteiger partial charge in [0.1, 0.15) is 5.76 Å². The Hall–Kier alpha value is -0.870. The second kappa shape index (κ2) is 4.77. The molecular weight excluding hydrogens is 190 g/mol. The molecule has 2 heterocycles. The average molecular weight is 209 g/mol. The highest BCUT2D eigenvalue weighted by Crippen LogP contribution is 2.11. The first-order chi connectivity index (χ1) is 7.29. The first-order valence-electron chi connectivity index (χ1n) is 5.64. The summed E-state index contributed by atoms with van der Waals surface area (Å²) in [6.45, 7) is 5.10. The monoisotopic (exact) mass is 209 g/mol. The van der Waals surface area contributed by atoms with Gasteiger partial charge in [0.25, 0.3) is 0 Å². The van der Waals surface area contributed by atoms with Crippen molar-refractivity contribution in [3.8, 4) is 0 Å². The fraction of sp³-hybridized carbons (Fsp3) is 0.727. The van der Waals surface area contributed by atoms with Crippen molar-refractivity contribution < 1.29 is 4.42 Å². The molecule has 1 aromatic rings. The summed E-state index contributed by atoms with van der Waals surface area (Å²) in [6, 6.07) is 0.627. The molecule has 2 rings (SSSR count). The van der Waals surface area contributed by atoms with Gasteiger partial charge in [-0.15, -0.1) is 0 Å². The van der Waals surface area contributed by atoms with Crippen LogP contribution >= 0.6 is 0 Å². The number of aryl methyl sites for hydroxylation is 1. The molecule has 0 radical (unpaired) electrons. The summed E-state index contributed by atoms with van der Waals surface area (Å²) in [5.74, 6) is 1.81. The second-order valence-electron chi connectivity index (χ2n) is 4.14. The van der Waals surface area contributed by atoms with Crippen LogP contribution < -0.4 is 5.32 Å². The highest BCUT2D eigenvalue weighted by atomic mass is 16.4. The molecule has 4 heteroatoms. The Kier molecular flexibility index (Phi) is 3.38. The van der Waals surface area contributed by atoms with E-state index >= 15 is 0 Å². The van der Waals surface area contributed by atoms with Crippen LogP contribution in [0.4, 0.5) is 0 Å². The fourth-order valence-corrected chi connectivity index (χ4v) is 1.94. The summed E-state index contributed by atoms with van der Waals surface area (Å²) in [5, 5.41) is 3.36. The maximum atomic E-state index is 5.59. The van der Waals surface area contributed by atoms with Crippen molar-refractivity contribution in [2.24, 2.45) is 0 Å². The molecule has 15 heavy (non-hydrogen) atoms. The third-order valence-electron chi connectivity index (χ3n) is 2.99. The van der Waals surface area contributed by atoms with Crippen molar-refractivity contribution in [2.75, 3.05) is 20.1 Å². The number of nitrogens with one attached hydrogen (secondary N) is 1. The van der Waals surface area contributed by atoms with Gasteiger partial charge < -0.3 is 9.73 Å². The summed E-state index contributed by atoms with van der Waals surface area (Å²) in [6.07, 6.45) is 3.97. The smallest absolute Gasteiger partial charge is 0.208 e. The Balaban J connectivity index is 1.89. The van der Waals surface area contributed by atoms with E-state index < -0.39 is 0 Å². The van der Waals surface area contributed by atoms with Crippen LogP contribution in [0.5, 0.6) is 0 Å². The van der Waals surface area contributed by atoms with Crippen LogP contribution in [0, 0.1) is 0 Å². The van der Waals surface area contributed by atoms with E-state index in [2.05, 4.69) is 29.2 Å². The minimum Gasteiger partial charge on any atom is -0.444 e. The van der Waals surface area contributed by atoms with E-state index in [4.69, 9.17) is 4.42 Å². The van der Waals surface area contributed by atoms with Crippen LogP contribution in [0.1, 0.15) is 25.0 Å². The Bertz CT molecular complexity index is 305. The third-order valence-corrected chi connectivity index (χ3v) is 2.99. The summed E-state index contributed by atoms with van der Waals surface area (Å²) in [5.41, 5.74) is 0. The summed E-state index contributed by atoms with van der Waals surface area (Å²) >= 11 is 0. The molecule has 1 fully saturated rings. The van der Waals surface area contributed by atoms with Gasteiger partial charge in [-0.2, -0.15) is 0 Å². The SMILES string of the molecule is CCc1cnc(CN(C)C2CCNC2)o1. The van der Waals surface area contributed by atoms with E-state index in [0.29, 0.717) is 6.04 Å². The van der Waals surface area contributed by atoms with Crippen molar-refractivity contribution in [1.82, 2.24) is 15.2 Å². The Morgan fingerprint density at radius 3 is 3.13 bits per heavy atom. The number of aromatic nitrogens is 1. The first kappa shape index (κ1) is 10.6. The lowest BCUT2D eigenvalue weighted by atomic mass is 10.2. The molecule has 1 aromatic heterocycles. The molecule has 1 unspecified atom stereocenters. The molecule has 0 saturated carbocycles. The largest absolute Gasteiger partial charge is 0.444 e. The van der Waals surface area contributed by atoms with Gasteiger partial charge in [-0.3, -0.25) is 4.90 Å². The van der Waals surface area contributed by atoms with Gasteiger partial charge in [0.2, 0.25) is 5.89 Å². The van der Waals surface area contributed by atoms with Crippen LogP contribution in [0.25, 0.3) is 0 Å². The Morgan fingerprint density at radius 1 is 1.67 bits per heavy atom. The Labute approximate surface area is 90.7 Å². The molecule has 1 N–H and O–H groups in total. The van der Waals surface area contributed by atoms with E-state index in [-0.39, 0.29) is 0 Å². The van der Waals surface area contributed by atoms with Gasteiger partial charge in [-0.25, -0.2) is 4.98 Å². The Morgan fingerprint density at radius 2 is 2.53 bits per heavy atom. The molecule has 1 saturated heterocycles. The molecule has 1 atom stereocenters. The normalized spacial score (nSPS) is 21.4. The van der Waals surface area contributed by atoms with Crippen molar-refractivity contribution in [3.05, 3.63) is 17.8 Å². The number of likely N-dealkylation sites (N-methyl/N-ethyl adjacent to an activating group) is 1. The molecule has 0 aromatic carbocycles. The lowest BCUT2D eigenvalue weighted by Crippen LogP contribution is -2.32. The van der Waals surface area contributed by atoms with Crippen molar-refractivity contribution in [3.63, 3.8) is 0 Å². The summed E-state index contributed by atoms with van der Waals surface area (Å²) in [7, 11) is 2.13. The topological polar surface area (TPSA) is 41.3 Å². The van der Waals surface area contributed by atoms with E-state index in [9.17, 15) is 0 Å². The second-order valence-corrected chi connectivity index (χ2v) is 4.14. The van der Waals surface area contributed by atoms with E-state index in [1.54, 1.807) is 0 Å². The van der Waals surface area contributed by atoms with E-state index in [0.717, 1.165) is 37.7 Å². The quantitative estimate of drug-likeness (QED) is 0.804. The standard InChI is InChI=1S/C11H19N3O/c1-3-10-7-13-11(15-10)8-14(2)9-4-5-12-6-9/h7,9,12H,3-6,8H2,1-2H3. The van der Waals surface area contributed by atoms with Crippen molar-refractivity contribution in [1.29, 1.82) is 0 Å². The molecule has 0 bridgehead atoms. The third kappa shape index (κ3) is 2.58. The number of hydrogen-bond donors (Lipinski definition) is 1. The van der Waals surface area contributed by atoms with Crippen molar-refractivity contribution >= 4 is 0 Å². The van der Waals surface area contributed by atoms with Crippen LogP contribution in [0.2, 0.25) is 0 Å². The summed E-state index contributed by atoms with van der Waals surface area (Å²) in [4.78, 5) is 6.58. The molecule has 1 aliphatic rings. The average Bonchev–Trinajstić information content (AvgIpc) is 2.87.